The summed E-state index contributed by atoms with van der Waals surface area (Å²) in [6.45, 7) is 2.45. The molecule has 160 valence electrons. The Bertz CT molecular complexity index is 1230. The molecule has 3 rings (SSSR count). The molecule has 0 saturated carbocycles. The minimum atomic E-state index is -1.09. The smallest absolute Gasteiger partial charge is 0.357 e. The number of aromatic amines is 2. The summed E-state index contributed by atoms with van der Waals surface area (Å²) in [4.78, 5) is 37.6. The third-order valence-corrected chi connectivity index (χ3v) is 4.41. The Balaban J connectivity index is 1.94. The number of aromatic nitrogens is 2. The van der Waals surface area contributed by atoms with Crippen molar-refractivity contribution in [2.24, 2.45) is 0 Å². The zero-order valence-corrected chi connectivity index (χ0v) is 17.1. The quantitative estimate of drug-likeness (QED) is 0.403. The minimum absolute atomic E-state index is 0.239. The lowest BCUT2D eigenvalue weighted by atomic mass is 10.1. The number of hydrogen-bond donors (Lipinski definition) is 2. The van der Waals surface area contributed by atoms with Crippen molar-refractivity contribution in [3.63, 3.8) is 0 Å². The maximum atomic E-state index is 11.7. The van der Waals surface area contributed by atoms with E-state index in [1.165, 1.54) is 12.2 Å². The molecule has 9 nitrogen and oxygen atoms in total. The minimum Gasteiger partial charge on any atom is -0.490 e. The lowest BCUT2D eigenvalue weighted by Crippen LogP contribution is -2.25. The van der Waals surface area contributed by atoms with Crippen LogP contribution < -0.4 is 20.7 Å². The summed E-state index contributed by atoms with van der Waals surface area (Å²) < 4.78 is 11.5. The number of nitrogens with one attached hydrogen (secondary N) is 2. The van der Waals surface area contributed by atoms with Gasteiger partial charge in [0.2, 0.25) is 0 Å². The molecule has 0 amide bonds. The fourth-order valence-electron chi connectivity index (χ4n) is 2.80. The van der Waals surface area contributed by atoms with Crippen molar-refractivity contribution in [3.8, 4) is 11.5 Å². The van der Waals surface area contributed by atoms with Gasteiger partial charge in [0.1, 0.15) is 12.3 Å². The first kappa shape index (κ1) is 21.8. The molecular weight excluding hydrogens is 426 g/mol. The van der Waals surface area contributed by atoms with Gasteiger partial charge in [-0.25, -0.2) is 4.79 Å². The van der Waals surface area contributed by atoms with Crippen molar-refractivity contribution < 1.29 is 14.4 Å². The Hall–Kier alpha value is -3.85. The first-order valence-corrected chi connectivity index (χ1v) is 9.59. The maximum Gasteiger partial charge on any atom is 0.357 e. The van der Waals surface area contributed by atoms with Crippen LogP contribution in [0.2, 0.25) is 5.02 Å². The zero-order chi connectivity index (χ0) is 22.4. The predicted molar refractivity (Wildman–Crippen MR) is 117 cm³/mol. The van der Waals surface area contributed by atoms with Crippen molar-refractivity contribution in [3.05, 3.63) is 95.3 Å². The van der Waals surface area contributed by atoms with Crippen LogP contribution in [0.1, 0.15) is 23.7 Å². The number of ether oxygens (including phenoxy) is 2. The molecule has 1 aromatic heterocycles. The summed E-state index contributed by atoms with van der Waals surface area (Å²) in [5.74, 6) is 0.750. The molecule has 31 heavy (non-hydrogen) atoms. The van der Waals surface area contributed by atoms with E-state index in [1.807, 2.05) is 42.2 Å². The van der Waals surface area contributed by atoms with E-state index >= 15 is 0 Å². The Morgan fingerprint density at radius 2 is 1.84 bits per heavy atom. The SMILES string of the molecule is CCOc1cc(/C=C/c2[nH]c(=O)[nH]c(=O)c2[N+](=O)[O-])cc(Cl)c1OCc1ccccc1. The van der Waals surface area contributed by atoms with Gasteiger partial charge >= 0.3 is 16.9 Å². The largest absolute Gasteiger partial charge is 0.490 e. The van der Waals surface area contributed by atoms with Crippen LogP contribution in [0.4, 0.5) is 5.69 Å². The number of H-pyrrole nitrogens is 2. The molecule has 2 aromatic carbocycles. The number of nitro groups is 1. The van der Waals surface area contributed by atoms with Crippen LogP contribution in [-0.4, -0.2) is 21.5 Å². The highest BCUT2D eigenvalue weighted by Crippen LogP contribution is 2.37. The van der Waals surface area contributed by atoms with Gasteiger partial charge in [0.25, 0.3) is 0 Å². The summed E-state index contributed by atoms with van der Waals surface area (Å²) in [6.07, 6.45) is 2.72. The molecule has 0 aliphatic rings. The van der Waals surface area contributed by atoms with Gasteiger partial charge in [-0.2, -0.15) is 0 Å². The van der Waals surface area contributed by atoms with Crippen LogP contribution in [0, 0.1) is 10.1 Å². The van der Waals surface area contributed by atoms with E-state index in [0.717, 1.165) is 5.56 Å². The van der Waals surface area contributed by atoms with Crippen LogP contribution in [0.3, 0.4) is 0 Å². The Morgan fingerprint density at radius 1 is 1.10 bits per heavy atom. The molecule has 0 aliphatic heterocycles. The molecule has 0 radical (unpaired) electrons. The molecule has 10 heteroatoms. The average Bonchev–Trinajstić information content (AvgIpc) is 2.72. The third-order valence-electron chi connectivity index (χ3n) is 4.13. The summed E-state index contributed by atoms with van der Waals surface area (Å²) in [7, 11) is 0. The highest BCUT2D eigenvalue weighted by Gasteiger charge is 2.19. The van der Waals surface area contributed by atoms with Gasteiger partial charge in [0, 0.05) is 0 Å². The van der Waals surface area contributed by atoms with Gasteiger partial charge in [0.05, 0.1) is 16.6 Å². The number of rotatable bonds is 8. The molecule has 0 unspecified atom stereocenters. The average molecular weight is 444 g/mol. The predicted octanol–water partition coefficient (Wildman–Crippen LogP) is 3.77. The second-order valence-corrected chi connectivity index (χ2v) is 6.71. The Labute approximate surface area is 181 Å². The normalized spacial score (nSPS) is 10.9. The number of benzene rings is 2. The molecule has 0 aliphatic carbocycles. The van der Waals surface area contributed by atoms with E-state index in [0.29, 0.717) is 23.7 Å². The molecule has 0 bridgehead atoms. The van der Waals surface area contributed by atoms with Crippen molar-refractivity contribution in [2.45, 2.75) is 13.5 Å². The highest BCUT2D eigenvalue weighted by molar-refractivity contribution is 6.32. The summed E-state index contributed by atoms with van der Waals surface area (Å²) in [5.41, 5.74) is -1.47. The van der Waals surface area contributed by atoms with Crippen molar-refractivity contribution >= 4 is 29.4 Å². The van der Waals surface area contributed by atoms with Crippen LogP contribution in [0.25, 0.3) is 12.2 Å². The van der Waals surface area contributed by atoms with Crippen molar-refractivity contribution in [1.82, 2.24) is 9.97 Å². The fourth-order valence-corrected chi connectivity index (χ4v) is 3.07. The lowest BCUT2D eigenvalue weighted by Gasteiger charge is -2.14. The maximum absolute atomic E-state index is 11.7. The monoisotopic (exact) mass is 443 g/mol. The van der Waals surface area contributed by atoms with E-state index in [9.17, 15) is 19.7 Å². The second kappa shape index (κ2) is 9.77. The third kappa shape index (κ3) is 5.40. The first-order valence-electron chi connectivity index (χ1n) is 9.21. The van der Waals surface area contributed by atoms with Gasteiger partial charge < -0.3 is 14.5 Å². The van der Waals surface area contributed by atoms with Gasteiger partial charge in [0.15, 0.2) is 11.5 Å². The van der Waals surface area contributed by atoms with Gasteiger partial charge in [-0.1, -0.05) is 48.0 Å². The van der Waals surface area contributed by atoms with E-state index in [-0.39, 0.29) is 17.3 Å². The summed E-state index contributed by atoms with van der Waals surface area (Å²) in [6, 6.07) is 12.8. The van der Waals surface area contributed by atoms with E-state index < -0.39 is 21.9 Å². The van der Waals surface area contributed by atoms with E-state index in [4.69, 9.17) is 21.1 Å². The van der Waals surface area contributed by atoms with Gasteiger partial charge in [-0.05, 0) is 36.3 Å². The number of nitrogens with zero attached hydrogens (tertiary/aromatic N) is 1. The topological polar surface area (TPSA) is 127 Å². The number of hydrogen-bond acceptors (Lipinski definition) is 6. The van der Waals surface area contributed by atoms with Crippen LogP contribution in [0.5, 0.6) is 11.5 Å². The number of halogens is 1. The molecule has 0 spiro atoms. The van der Waals surface area contributed by atoms with E-state index in [2.05, 4.69) is 4.98 Å². The highest BCUT2D eigenvalue weighted by atomic mass is 35.5. The Kier molecular flexibility index (Phi) is 6.88. The molecule has 0 saturated heterocycles. The molecular formula is C21H18ClN3O6. The van der Waals surface area contributed by atoms with Crippen LogP contribution in [-0.2, 0) is 6.61 Å². The molecule has 0 atom stereocenters. The summed E-state index contributed by atoms with van der Waals surface area (Å²) >= 11 is 6.39. The van der Waals surface area contributed by atoms with Crippen molar-refractivity contribution in [2.75, 3.05) is 6.61 Å². The summed E-state index contributed by atoms with van der Waals surface area (Å²) in [5, 5.41) is 11.4. The van der Waals surface area contributed by atoms with Gasteiger partial charge in [-0.15, -0.1) is 0 Å². The van der Waals surface area contributed by atoms with Crippen molar-refractivity contribution in [1.29, 1.82) is 0 Å². The molecule has 3 aromatic rings. The van der Waals surface area contributed by atoms with Gasteiger partial charge in [-0.3, -0.25) is 19.9 Å². The Morgan fingerprint density at radius 3 is 2.52 bits per heavy atom. The molecule has 1 heterocycles. The van der Waals surface area contributed by atoms with Crippen LogP contribution >= 0.6 is 11.6 Å². The standard InChI is InChI=1S/C21H18ClN3O6/c1-2-30-17-11-14(8-9-16-18(25(28)29)20(26)24-21(27)23-16)10-15(22)19(17)31-12-13-6-4-3-5-7-13/h3-11H,2,12H2,1H3,(H2,23,24,26,27)/b9-8+. The second-order valence-electron chi connectivity index (χ2n) is 6.30. The fraction of sp³-hybridized carbons (Fsp3) is 0.143. The lowest BCUT2D eigenvalue weighted by molar-refractivity contribution is -0.386. The zero-order valence-electron chi connectivity index (χ0n) is 16.4. The van der Waals surface area contributed by atoms with E-state index in [1.54, 1.807) is 12.1 Å². The molecule has 2 N–H and O–H groups in total. The van der Waals surface area contributed by atoms with Crippen LogP contribution in [0.15, 0.2) is 52.1 Å². The first-order chi connectivity index (χ1) is 14.9. The molecule has 0 fully saturated rings.